The minimum atomic E-state index is 0.361. The van der Waals surface area contributed by atoms with Crippen LogP contribution in [0.2, 0.25) is 0 Å². The molecule has 1 nitrogen and oxygen atoms in total. The smallest absolute Gasteiger partial charge is 0.137 e. The van der Waals surface area contributed by atoms with E-state index in [-0.39, 0.29) is 0 Å². The average molecular weight is 164 g/mol. The molecule has 3 atom stereocenters. The molecule has 0 amide bonds. The third-order valence-electron chi connectivity index (χ3n) is 3.52. The van der Waals surface area contributed by atoms with Gasteiger partial charge < -0.3 is 0 Å². The molecule has 0 aromatic rings. The fraction of sp³-hybridized carbons (Fsp3) is 0.727. The van der Waals surface area contributed by atoms with Crippen LogP contribution in [0.15, 0.2) is 11.6 Å². The monoisotopic (exact) mass is 164 g/mol. The summed E-state index contributed by atoms with van der Waals surface area (Å²) in [6, 6.07) is 0. The lowest BCUT2D eigenvalue weighted by molar-refractivity contribution is -0.121. The number of carbonyl (C=O) groups excluding carboxylic acids is 1. The highest BCUT2D eigenvalue weighted by molar-refractivity contribution is 5.85. The first-order valence-corrected chi connectivity index (χ1v) is 4.97. The Hall–Kier alpha value is -0.590. The molecule has 2 rings (SSSR count). The van der Waals surface area contributed by atoms with Gasteiger partial charge in [0.1, 0.15) is 5.78 Å². The van der Waals surface area contributed by atoms with E-state index >= 15 is 0 Å². The Bertz CT molecular complexity index is 239. The van der Waals surface area contributed by atoms with Gasteiger partial charge in [0.25, 0.3) is 0 Å². The zero-order chi connectivity index (χ0) is 8.72. The molecule has 12 heavy (non-hydrogen) atoms. The number of hydrogen-bond acceptors (Lipinski definition) is 1. The molecule has 1 unspecified atom stereocenters. The number of rotatable bonds is 1. The Kier molecular flexibility index (Phi) is 1.82. The molecule has 0 bridgehead atoms. The second-order valence-corrected chi connectivity index (χ2v) is 4.08. The summed E-state index contributed by atoms with van der Waals surface area (Å²) in [5.41, 5.74) is 1.51. The van der Waals surface area contributed by atoms with Gasteiger partial charge in [-0.2, -0.15) is 0 Å². The van der Waals surface area contributed by atoms with Gasteiger partial charge >= 0.3 is 0 Å². The normalized spacial score (nSPS) is 40.0. The molecular formula is C11H16O. The van der Waals surface area contributed by atoms with Crippen molar-refractivity contribution in [2.45, 2.75) is 33.1 Å². The molecule has 0 heterocycles. The van der Waals surface area contributed by atoms with E-state index in [0.29, 0.717) is 23.5 Å². The number of Topliss-reactive ketones (excluding diaryl/α,β-unsaturated/α-hetero) is 1. The highest BCUT2D eigenvalue weighted by Gasteiger charge is 2.42. The summed E-state index contributed by atoms with van der Waals surface area (Å²) >= 11 is 0. The van der Waals surface area contributed by atoms with Crippen molar-refractivity contribution < 1.29 is 4.79 Å². The lowest BCUT2D eigenvalue weighted by Gasteiger charge is -2.14. The SMILES string of the molecule is CCC1=C[C@@H]2CCC(=O)[C@@H]2C1C. The molecule has 0 aromatic carbocycles. The average Bonchev–Trinajstić information content (AvgIpc) is 2.55. The van der Waals surface area contributed by atoms with E-state index < -0.39 is 0 Å². The van der Waals surface area contributed by atoms with Crippen LogP contribution in [0.4, 0.5) is 0 Å². The number of hydrogen-bond donors (Lipinski definition) is 0. The summed E-state index contributed by atoms with van der Waals surface area (Å²) in [6.07, 6.45) is 5.42. The van der Waals surface area contributed by atoms with E-state index in [1.165, 1.54) is 5.57 Å². The Morgan fingerprint density at radius 3 is 2.92 bits per heavy atom. The maximum atomic E-state index is 11.5. The first-order valence-electron chi connectivity index (χ1n) is 4.97. The van der Waals surface area contributed by atoms with Crippen molar-refractivity contribution >= 4 is 5.78 Å². The van der Waals surface area contributed by atoms with Crippen molar-refractivity contribution in [1.29, 1.82) is 0 Å². The predicted octanol–water partition coefficient (Wildman–Crippen LogP) is 2.57. The molecule has 66 valence electrons. The van der Waals surface area contributed by atoms with Gasteiger partial charge in [-0.3, -0.25) is 4.79 Å². The van der Waals surface area contributed by atoms with Crippen LogP contribution in [0.25, 0.3) is 0 Å². The van der Waals surface area contributed by atoms with Gasteiger partial charge in [0, 0.05) is 12.3 Å². The van der Waals surface area contributed by atoms with E-state index in [9.17, 15) is 4.79 Å². The van der Waals surface area contributed by atoms with E-state index in [1.54, 1.807) is 0 Å². The van der Waals surface area contributed by atoms with Gasteiger partial charge in [-0.1, -0.05) is 25.5 Å². The minimum absolute atomic E-state index is 0.361. The van der Waals surface area contributed by atoms with Crippen LogP contribution in [0, 0.1) is 17.8 Å². The Balaban J connectivity index is 2.23. The summed E-state index contributed by atoms with van der Waals surface area (Å²) in [5.74, 6) is 2.00. The molecule has 0 aliphatic heterocycles. The van der Waals surface area contributed by atoms with Crippen LogP contribution in [-0.2, 0) is 4.79 Å². The minimum Gasteiger partial charge on any atom is -0.299 e. The van der Waals surface area contributed by atoms with Crippen LogP contribution >= 0.6 is 0 Å². The van der Waals surface area contributed by atoms with Gasteiger partial charge in [-0.25, -0.2) is 0 Å². The first kappa shape index (κ1) is 8.03. The van der Waals surface area contributed by atoms with Crippen LogP contribution in [0.5, 0.6) is 0 Å². The molecule has 1 heteroatoms. The molecule has 0 radical (unpaired) electrons. The van der Waals surface area contributed by atoms with Crippen molar-refractivity contribution in [2.75, 3.05) is 0 Å². The summed E-state index contributed by atoms with van der Waals surface area (Å²) in [4.78, 5) is 11.5. The zero-order valence-electron chi connectivity index (χ0n) is 7.84. The Morgan fingerprint density at radius 2 is 2.33 bits per heavy atom. The van der Waals surface area contributed by atoms with Gasteiger partial charge in [0.2, 0.25) is 0 Å². The maximum Gasteiger partial charge on any atom is 0.137 e. The predicted molar refractivity (Wildman–Crippen MR) is 48.8 cm³/mol. The number of allylic oxidation sites excluding steroid dienone is 2. The van der Waals surface area contributed by atoms with Crippen LogP contribution in [-0.4, -0.2) is 5.78 Å². The second kappa shape index (κ2) is 2.72. The van der Waals surface area contributed by atoms with E-state index in [0.717, 1.165) is 19.3 Å². The van der Waals surface area contributed by atoms with Crippen molar-refractivity contribution in [3.8, 4) is 0 Å². The molecule has 1 saturated carbocycles. The Labute approximate surface area is 73.8 Å². The first-order chi connectivity index (χ1) is 5.74. The van der Waals surface area contributed by atoms with Crippen molar-refractivity contribution in [1.82, 2.24) is 0 Å². The topological polar surface area (TPSA) is 17.1 Å². The van der Waals surface area contributed by atoms with E-state index in [1.807, 2.05) is 0 Å². The van der Waals surface area contributed by atoms with E-state index in [2.05, 4.69) is 19.9 Å². The summed E-state index contributed by atoms with van der Waals surface area (Å²) in [6.45, 7) is 4.40. The molecule has 2 aliphatic carbocycles. The number of fused-ring (bicyclic) bond motifs is 1. The number of carbonyl (C=O) groups is 1. The molecule has 1 fully saturated rings. The van der Waals surface area contributed by atoms with Crippen LogP contribution in [0.3, 0.4) is 0 Å². The third kappa shape index (κ3) is 0.954. The largest absolute Gasteiger partial charge is 0.299 e. The summed E-state index contributed by atoms with van der Waals surface area (Å²) in [7, 11) is 0. The van der Waals surface area contributed by atoms with Crippen molar-refractivity contribution in [3.05, 3.63) is 11.6 Å². The molecule has 0 aromatic heterocycles. The van der Waals surface area contributed by atoms with Gasteiger partial charge in [0.05, 0.1) is 0 Å². The standard InChI is InChI=1S/C11H16O/c1-3-8-6-9-4-5-10(12)11(9)7(8)2/h6-7,9,11H,3-5H2,1-2H3/t7?,9-,11+/m0/s1. The van der Waals surface area contributed by atoms with Crippen LogP contribution < -0.4 is 0 Å². The fourth-order valence-electron chi connectivity index (χ4n) is 2.83. The van der Waals surface area contributed by atoms with Gasteiger partial charge in [-0.15, -0.1) is 0 Å². The third-order valence-corrected chi connectivity index (χ3v) is 3.52. The second-order valence-electron chi connectivity index (χ2n) is 4.08. The number of ketones is 1. The van der Waals surface area contributed by atoms with E-state index in [4.69, 9.17) is 0 Å². The van der Waals surface area contributed by atoms with Crippen LogP contribution in [0.1, 0.15) is 33.1 Å². The quantitative estimate of drug-likeness (QED) is 0.544. The van der Waals surface area contributed by atoms with Gasteiger partial charge in [0.15, 0.2) is 0 Å². The molecule has 0 N–H and O–H groups in total. The fourth-order valence-corrected chi connectivity index (χ4v) is 2.83. The zero-order valence-corrected chi connectivity index (χ0v) is 7.84. The highest BCUT2D eigenvalue weighted by atomic mass is 16.1. The lowest BCUT2D eigenvalue weighted by atomic mass is 9.88. The molecule has 0 saturated heterocycles. The summed E-state index contributed by atoms with van der Waals surface area (Å²) < 4.78 is 0. The lowest BCUT2D eigenvalue weighted by Crippen LogP contribution is -2.17. The highest BCUT2D eigenvalue weighted by Crippen LogP contribution is 2.45. The molecule has 2 aliphatic rings. The van der Waals surface area contributed by atoms with Gasteiger partial charge in [-0.05, 0) is 24.7 Å². The maximum absolute atomic E-state index is 11.5. The van der Waals surface area contributed by atoms with Crippen molar-refractivity contribution in [3.63, 3.8) is 0 Å². The molecule has 0 spiro atoms. The summed E-state index contributed by atoms with van der Waals surface area (Å²) in [5, 5.41) is 0. The van der Waals surface area contributed by atoms with Crippen molar-refractivity contribution in [2.24, 2.45) is 17.8 Å². The Morgan fingerprint density at radius 1 is 1.58 bits per heavy atom. The molecular weight excluding hydrogens is 148 g/mol.